The molecule has 1 aromatic rings. The number of nitrogens with one attached hydrogen (secondary N) is 3. The van der Waals surface area contributed by atoms with Gasteiger partial charge in [0.05, 0.1) is 12.6 Å². The normalized spacial score (nSPS) is 16.5. The van der Waals surface area contributed by atoms with E-state index < -0.39 is 5.54 Å². The smallest absolute Gasteiger partial charge is 0.251 e. The topological polar surface area (TPSA) is 94.0 Å². The number of carbonyl (C=O) groups excluding carboxylic acids is 2. The monoisotopic (exact) mass is 370 g/mol. The van der Waals surface area contributed by atoms with Crippen molar-refractivity contribution >= 4 is 17.5 Å². The molecule has 1 aliphatic rings. The summed E-state index contributed by atoms with van der Waals surface area (Å²) in [5, 5.41) is 18.4. The van der Waals surface area contributed by atoms with E-state index in [9.17, 15) is 14.9 Å². The summed E-state index contributed by atoms with van der Waals surface area (Å²) in [4.78, 5) is 24.4. The second-order valence-corrected chi connectivity index (χ2v) is 8.29. The summed E-state index contributed by atoms with van der Waals surface area (Å²) in [5.74, 6) is -0.316. The van der Waals surface area contributed by atoms with Crippen molar-refractivity contribution in [1.82, 2.24) is 10.6 Å². The Morgan fingerprint density at radius 2 is 1.67 bits per heavy atom. The highest BCUT2D eigenvalue weighted by Gasteiger charge is 2.32. The minimum atomic E-state index is -0.732. The number of nitrogens with zero attached hydrogens (tertiary/aromatic N) is 1. The minimum Gasteiger partial charge on any atom is -0.376 e. The number of amides is 2. The van der Waals surface area contributed by atoms with Crippen LogP contribution in [0.2, 0.25) is 0 Å². The van der Waals surface area contributed by atoms with Crippen LogP contribution in [-0.4, -0.2) is 29.4 Å². The van der Waals surface area contributed by atoms with Gasteiger partial charge in [0.15, 0.2) is 0 Å². The molecule has 0 heterocycles. The molecule has 0 bridgehead atoms. The van der Waals surface area contributed by atoms with Crippen LogP contribution < -0.4 is 16.0 Å². The van der Waals surface area contributed by atoms with E-state index in [4.69, 9.17) is 0 Å². The Kier molecular flexibility index (Phi) is 6.84. The van der Waals surface area contributed by atoms with Gasteiger partial charge in [0.25, 0.3) is 5.91 Å². The molecule has 0 spiro atoms. The summed E-state index contributed by atoms with van der Waals surface area (Å²) in [6.45, 7) is 5.89. The highest BCUT2D eigenvalue weighted by atomic mass is 16.2. The molecule has 0 atom stereocenters. The van der Waals surface area contributed by atoms with Crippen LogP contribution in [0.1, 0.15) is 69.7 Å². The van der Waals surface area contributed by atoms with Crippen molar-refractivity contribution in [2.24, 2.45) is 0 Å². The molecule has 1 saturated carbocycles. The SMILES string of the molecule is CC(C)(C)NC(=O)c1ccc(NCC(=O)NC2(C#N)CCCCCC2)cc1. The molecule has 2 amide bonds. The van der Waals surface area contributed by atoms with Crippen molar-refractivity contribution in [2.45, 2.75) is 70.4 Å². The Labute approximate surface area is 161 Å². The molecule has 1 aliphatic carbocycles. The van der Waals surface area contributed by atoms with Crippen molar-refractivity contribution in [1.29, 1.82) is 5.26 Å². The number of anilines is 1. The van der Waals surface area contributed by atoms with Gasteiger partial charge < -0.3 is 16.0 Å². The Hall–Kier alpha value is -2.55. The molecule has 1 aromatic carbocycles. The summed E-state index contributed by atoms with van der Waals surface area (Å²) >= 11 is 0. The maximum absolute atomic E-state index is 12.3. The average molecular weight is 370 g/mol. The highest BCUT2D eigenvalue weighted by Crippen LogP contribution is 2.26. The van der Waals surface area contributed by atoms with E-state index in [0.717, 1.165) is 31.4 Å². The van der Waals surface area contributed by atoms with Gasteiger partial charge in [-0.1, -0.05) is 25.7 Å². The van der Waals surface area contributed by atoms with Crippen molar-refractivity contribution in [3.63, 3.8) is 0 Å². The first kappa shape index (κ1) is 20.8. The zero-order chi connectivity index (χ0) is 19.9. The van der Waals surface area contributed by atoms with Crippen molar-refractivity contribution in [3.8, 4) is 6.07 Å². The molecule has 0 aromatic heterocycles. The summed E-state index contributed by atoms with van der Waals surface area (Å²) in [6.07, 6.45) is 5.61. The highest BCUT2D eigenvalue weighted by molar-refractivity contribution is 5.95. The Balaban J connectivity index is 1.88. The van der Waals surface area contributed by atoms with Crippen LogP contribution in [0.4, 0.5) is 5.69 Å². The molecule has 0 saturated heterocycles. The molecule has 3 N–H and O–H groups in total. The summed E-state index contributed by atoms with van der Waals surface area (Å²) in [5.41, 5.74) is 0.302. The molecular formula is C21H30N4O2. The molecular weight excluding hydrogens is 340 g/mol. The predicted octanol–water partition coefficient (Wildman–Crippen LogP) is 3.36. The van der Waals surface area contributed by atoms with Crippen molar-refractivity contribution in [3.05, 3.63) is 29.8 Å². The number of hydrogen-bond acceptors (Lipinski definition) is 4. The quantitative estimate of drug-likeness (QED) is 0.693. The van der Waals surface area contributed by atoms with Gasteiger partial charge in [0, 0.05) is 16.8 Å². The van der Waals surface area contributed by atoms with Crippen LogP contribution >= 0.6 is 0 Å². The minimum absolute atomic E-state index is 0.0942. The van der Waals surface area contributed by atoms with E-state index in [1.807, 2.05) is 20.8 Å². The second-order valence-electron chi connectivity index (χ2n) is 8.29. The third kappa shape index (κ3) is 6.59. The van der Waals surface area contributed by atoms with Crippen LogP contribution in [0.5, 0.6) is 0 Å². The Bertz CT molecular complexity index is 690. The Morgan fingerprint density at radius 1 is 1.07 bits per heavy atom. The van der Waals surface area contributed by atoms with E-state index in [2.05, 4.69) is 22.0 Å². The molecule has 146 valence electrons. The summed E-state index contributed by atoms with van der Waals surface area (Å²) in [6, 6.07) is 9.32. The van der Waals surface area contributed by atoms with Crippen molar-refractivity contribution in [2.75, 3.05) is 11.9 Å². The molecule has 0 aliphatic heterocycles. The van der Waals surface area contributed by atoms with E-state index in [1.165, 1.54) is 0 Å². The van der Waals surface area contributed by atoms with Gasteiger partial charge in [-0.3, -0.25) is 9.59 Å². The molecule has 1 fully saturated rings. The number of benzene rings is 1. The molecule has 0 unspecified atom stereocenters. The molecule has 2 rings (SSSR count). The number of rotatable bonds is 5. The molecule has 27 heavy (non-hydrogen) atoms. The standard InChI is InChI=1S/C21H30N4O2/c1-20(2,3)25-19(27)16-8-10-17(11-9-16)23-14-18(26)24-21(15-22)12-6-4-5-7-13-21/h8-11,23H,4-7,12-14H2,1-3H3,(H,24,26)(H,25,27). The number of carbonyl (C=O) groups is 2. The van der Waals surface area contributed by atoms with E-state index >= 15 is 0 Å². The van der Waals surface area contributed by atoms with Crippen LogP contribution in [0.15, 0.2) is 24.3 Å². The lowest BCUT2D eigenvalue weighted by molar-refractivity contribution is -0.120. The fourth-order valence-corrected chi connectivity index (χ4v) is 3.24. The lowest BCUT2D eigenvalue weighted by atomic mass is 9.92. The first-order valence-electron chi connectivity index (χ1n) is 9.62. The summed E-state index contributed by atoms with van der Waals surface area (Å²) < 4.78 is 0. The number of nitriles is 1. The van der Waals surface area contributed by atoms with Crippen LogP contribution in [0.3, 0.4) is 0 Å². The zero-order valence-corrected chi connectivity index (χ0v) is 16.5. The van der Waals surface area contributed by atoms with Crippen molar-refractivity contribution < 1.29 is 9.59 Å². The van der Waals surface area contributed by atoms with Gasteiger partial charge in [-0.2, -0.15) is 5.26 Å². The lowest BCUT2D eigenvalue weighted by Crippen LogP contribution is -2.48. The predicted molar refractivity (Wildman–Crippen MR) is 106 cm³/mol. The van der Waals surface area contributed by atoms with E-state index in [-0.39, 0.29) is 23.9 Å². The first-order chi connectivity index (χ1) is 12.7. The third-order valence-electron chi connectivity index (χ3n) is 4.64. The number of hydrogen-bond donors (Lipinski definition) is 3. The van der Waals surface area contributed by atoms with Crippen LogP contribution in [0.25, 0.3) is 0 Å². The largest absolute Gasteiger partial charge is 0.376 e. The van der Waals surface area contributed by atoms with Gasteiger partial charge in [0.1, 0.15) is 5.54 Å². The molecule has 6 heteroatoms. The van der Waals surface area contributed by atoms with Gasteiger partial charge >= 0.3 is 0 Å². The molecule has 6 nitrogen and oxygen atoms in total. The van der Waals surface area contributed by atoms with Gasteiger partial charge in [-0.05, 0) is 57.9 Å². The van der Waals surface area contributed by atoms with E-state index in [0.29, 0.717) is 18.4 Å². The fraction of sp³-hybridized carbons (Fsp3) is 0.571. The van der Waals surface area contributed by atoms with Gasteiger partial charge in [0.2, 0.25) is 5.91 Å². The summed E-state index contributed by atoms with van der Waals surface area (Å²) in [7, 11) is 0. The van der Waals surface area contributed by atoms with Gasteiger partial charge in [-0.15, -0.1) is 0 Å². The molecule has 0 radical (unpaired) electrons. The Morgan fingerprint density at radius 3 is 2.19 bits per heavy atom. The maximum Gasteiger partial charge on any atom is 0.251 e. The van der Waals surface area contributed by atoms with Crippen LogP contribution in [-0.2, 0) is 4.79 Å². The van der Waals surface area contributed by atoms with E-state index in [1.54, 1.807) is 24.3 Å². The third-order valence-corrected chi connectivity index (χ3v) is 4.64. The maximum atomic E-state index is 12.3. The first-order valence-corrected chi connectivity index (χ1v) is 9.62. The van der Waals surface area contributed by atoms with Gasteiger partial charge in [-0.25, -0.2) is 0 Å². The zero-order valence-electron chi connectivity index (χ0n) is 16.5. The lowest BCUT2D eigenvalue weighted by Gasteiger charge is -2.26. The van der Waals surface area contributed by atoms with Crippen LogP contribution in [0, 0.1) is 11.3 Å². The fourth-order valence-electron chi connectivity index (χ4n) is 3.24. The second kappa shape index (κ2) is 8.90. The average Bonchev–Trinajstić information content (AvgIpc) is 2.85.